The lowest BCUT2D eigenvalue weighted by molar-refractivity contribution is 0.868. The van der Waals surface area contributed by atoms with E-state index in [1.54, 1.807) is 6.20 Å². The summed E-state index contributed by atoms with van der Waals surface area (Å²) < 4.78 is 0.998. The van der Waals surface area contributed by atoms with Gasteiger partial charge in [0.1, 0.15) is 5.82 Å². The Kier molecular flexibility index (Phi) is 4.88. The predicted molar refractivity (Wildman–Crippen MR) is 98.0 cm³/mol. The average molecular weight is 369 g/mol. The molecule has 0 saturated heterocycles. The maximum atomic E-state index is 4.59. The summed E-state index contributed by atoms with van der Waals surface area (Å²) in [7, 11) is 1.99. The number of anilines is 3. The van der Waals surface area contributed by atoms with Crippen molar-refractivity contribution >= 4 is 33.4 Å². The van der Waals surface area contributed by atoms with Crippen molar-refractivity contribution in [1.82, 2.24) is 9.97 Å². The van der Waals surface area contributed by atoms with E-state index in [4.69, 9.17) is 0 Å². The Labute approximate surface area is 144 Å². The van der Waals surface area contributed by atoms with Crippen molar-refractivity contribution in [2.24, 2.45) is 0 Å². The highest BCUT2D eigenvalue weighted by Gasteiger charge is 2.07. The van der Waals surface area contributed by atoms with Crippen LogP contribution in [0.25, 0.3) is 0 Å². The molecule has 0 atom stereocenters. The van der Waals surface area contributed by atoms with E-state index in [-0.39, 0.29) is 0 Å². The maximum absolute atomic E-state index is 4.59. The summed E-state index contributed by atoms with van der Waals surface area (Å²) in [5.74, 6) is 1.45. The van der Waals surface area contributed by atoms with Crippen LogP contribution in [0.3, 0.4) is 0 Å². The molecule has 23 heavy (non-hydrogen) atoms. The number of hydrogen-bond donors (Lipinski definition) is 1. The zero-order valence-electron chi connectivity index (χ0n) is 12.8. The van der Waals surface area contributed by atoms with Crippen LogP contribution in [0.15, 0.2) is 71.3 Å². The molecule has 1 heterocycles. The van der Waals surface area contributed by atoms with Gasteiger partial charge in [0, 0.05) is 24.3 Å². The Morgan fingerprint density at radius 2 is 1.74 bits per heavy atom. The molecule has 0 saturated carbocycles. The standard InChI is InChI=1S/C18H17BrN4/c1-23(13-14-7-3-2-4-8-14)18-20-12-11-17(22-18)21-16-10-6-5-9-15(16)19/h2-12H,13H2,1H3,(H,20,21,22). The molecule has 0 bridgehead atoms. The smallest absolute Gasteiger partial charge is 0.227 e. The molecule has 2 aromatic carbocycles. The highest BCUT2D eigenvalue weighted by atomic mass is 79.9. The fourth-order valence-corrected chi connectivity index (χ4v) is 2.61. The molecule has 1 N–H and O–H groups in total. The van der Waals surface area contributed by atoms with Crippen molar-refractivity contribution in [1.29, 1.82) is 0 Å². The number of nitrogens with one attached hydrogen (secondary N) is 1. The Bertz CT molecular complexity index is 777. The van der Waals surface area contributed by atoms with Gasteiger partial charge in [-0.05, 0) is 39.7 Å². The van der Waals surface area contributed by atoms with Crippen LogP contribution >= 0.6 is 15.9 Å². The number of rotatable bonds is 5. The van der Waals surface area contributed by atoms with Gasteiger partial charge in [0.2, 0.25) is 5.95 Å². The minimum Gasteiger partial charge on any atom is -0.339 e. The van der Waals surface area contributed by atoms with E-state index < -0.39 is 0 Å². The van der Waals surface area contributed by atoms with Gasteiger partial charge in [-0.15, -0.1) is 0 Å². The minimum absolute atomic E-state index is 0.686. The lowest BCUT2D eigenvalue weighted by Gasteiger charge is -2.18. The Morgan fingerprint density at radius 1 is 1.00 bits per heavy atom. The maximum Gasteiger partial charge on any atom is 0.227 e. The molecule has 116 valence electrons. The highest BCUT2D eigenvalue weighted by Crippen LogP contribution is 2.24. The van der Waals surface area contributed by atoms with Crippen LogP contribution in [-0.4, -0.2) is 17.0 Å². The molecule has 0 spiro atoms. The molecular formula is C18H17BrN4. The van der Waals surface area contributed by atoms with Gasteiger partial charge in [-0.25, -0.2) is 4.98 Å². The predicted octanol–water partition coefficient (Wildman–Crippen LogP) is 4.62. The third-order valence-electron chi connectivity index (χ3n) is 3.38. The molecule has 3 aromatic rings. The molecule has 0 fully saturated rings. The molecule has 3 rings (SSSR count). The van der Waals surface area contributed by atoms with E-state index in [2.05, 4.69) is 43.3 Å². The largest absolute Gasteiger partial charge is 0.339 e. The monoisotopic (exact) mass is 368 g/mol. The summed E-state index contributed by atoms with van der Waals surface area (Å²) >= 11 is 3.53. The quantitative estimate of drug-likeness (QED) is 0.713. The minimum atomic E-state index is 0.686. The van der Waals surface area contributed by atoms with E-state index in [1.165, 1.54) is 5.56 Å². The lowest BCUT2D eigenvalue weighted by atomic mass is 10.2. The first-order chi connectivity index (χ1) is 11.2. The average Bonchev–Trinajstić information content (AvgIpc) is 2.58. The van der Waals surface area contributed by atoms with Gasteiger partial charge in [0.25, 0.3) is 0 Å². The van der Waals surface area contributed by atoms with Gasteiger partial charge in [-0.2, -0.15) is 4.98 Å². The zero-order chi connectivity index (χ0) is 16.1. The Morgan fingerprint density at radius 3 is 2.52 bits per heavy atom. The second-order valence-electron chi connectivity index (χ2n) is 5.19. The van der Waals surface area contributed by atoms with Crippen LogP contribution in [0.2, 0.25) is 0 Å². The third-order valence-corrected chi connectivity index (χ3v) is 4.07. The number of halogens is 1. The number of para-hydroxylation sites is 1. The fourth-order valence-electron chi connectivity index (χ4n) is 2.23. The van der Waals surface area contributed by atoms with Crippen molar-refractivity contribution in [3.05, 3.63) is 76.9 Å². The molecule has 1 aromatic heterocycles. The first-order valence-corrected chi connectivity index (χ1v) is 8.11. The second-order valence-corrected chi connectivity index (χ2v) is 6.04. The summed E-state index contributed by atoms with van der Waals surface area (Å²) in [6.45, 7) is 0.763. The zero-order valence-corrected chi connectivity index (χ0v) is 14.4. The van der Waals surface area contributed by atoms with Gasteiger partial charge in [0.05, 0.1) is 5.69 Å². The van der Waals surface area contributed by atoms with Crippen molar-refractivity contribution in [2.45, 2.75) is 6.54 Å². The van der Waals surface area contributed by atoms with Crippen molar-refractivity contribution in [2.75, 3.05) is 17.3 Å². The fraction of sp³-hybridized carbons (Fsp3) is 0.111. The molecule has 5 heteroatoms. The van der Waals surface area contributed by atoms with E-state index in [9.17, 15) is 0 Å². The van der Waals surface area contributed by atoms with Crippen LogP contribution in [0.4, 0.5) is 17.5 Å². The van der Waals surface area contributed by atoms with Crippen molar-refractivity contribution < 1.29 is 0 Å². The molecule has 0 aliphatic carbocycles. The van der Waals surface area contributed by atoms with Crippen molar-refractivity contribution in [3.8, 4) is 0 Å². The van der Waals surface area contributed by atoms with E-state index in [0.29, 0.717) is 5.95 Å². The molecule has 0 unspecified atom stereocenters. The number of hydrogen-bond acceptors (Lipinski definition) is 4. The second kappa shape index (κ2) is 7.24. The molecular weight excluding hydrogens is 352 g/mol. The lowest BCUT2D eigenvalue weighted by Crippen LogP contribution is -2.19. The van der Waals surface area contributed by atoms with Gasteiger partial charge in [-0.1, -0.05) is 42.5 Å². The van der Waals surface area contributed by atoms with Gasteiger partial charge >= 0.3 is 0 Å². The van der Waals surface area contributed by atoms with Crippen molar-refractivity contribution in [3.63, 3.8) is 0 Å². The molecule has 0 aliphatic rings. The normalized spacial score (nSPS) is 10.3. The van der Waals surface area contributed by atoms with Crippen LogP contribution < -0.4 is 10.2 Å². The summed E-state index contributed by atoms with van der Waals surface area (Å²) in [5.41, 5.74) is 2.20. The summed E-state index contributed by atoms with van der Waals surface area (Å²) in [4.78, 5) is 11.0. The van der Waals surface area contributed by atoms with Crippen LogP contribution in [0.5, 0.6) is 0 Å². The molecule has 4 nitrogen and oxygen atoms in total. The van der Waals surface area contributed by atoms with Crippen LogP contribution in [0, 0.1) is 0 Å². The first kappa shape index (κ1) is 15.5. The molecule has 0 radical (unpaired) electrons. The third kappa shape index (κ3) is 4.07. The number of benzene rings is 2. The van der Waals surface area contributed by atoms with Gasteiger partial charge in [-0.3, -0.25) is 0 Å². The van der Waals surface area contributed by atoms with Gasteiger partial charge < -0.3 is 10.2 Å². The van der Waals surface area contributed by atoms with E-state index >= 15 is 0 Å². The number of nitrogens with zero attached hydrogens (tertiary/aromatic N) is 3. The first-order valence-electron chi connectivity index (χ1n) is 7.32. The highest BCUT2D eigenvalue weighted by molar-refractivity contribution is 9.10. The van der Waals surface area contributed by atoms with Gasteiger partial charge in [0.15, 0.2) is 0 Å². The summed E-state index contributed by atoms with van der Waals surface area (Å²) in [5, 5.41) is 3.31. The summed E-state index contributed by atoms with van der Waals surface area (Å²) in [6, 6.07) is 20.1. The van der Waals surface area contributed by atoms with Crippen LogP contribution in [0.1, 0.15) is 5.56 Å². The summed E-state index contributed by atoms with van der Waals surface area (Å²) in [6.07, 6.45) is 1.77. The van der Waals surface area contributed by atoms with Crippen LogP contribution in [-0.2, 0) is 6.54 Å². The molecule has 0 aliphatic heterocycles. The number of aromatic nitrogens is 2. The Balaban J connectivity index is 1.76. The topological polar surface area (TPSA) is 41.1 Å². The Hall–Kier alpha value is -2.40. The SMILES string of the molecule is CN(Cc1ccccc1)c1nccc(Nc2ccccc2Br)n1. The van der Waals surface area contributed by atoms with E-state index in [0.717, 1.165) is 22.5 Å². The molecule has 0 amide bonds. The van der Waals surface area contributed by atoms with E-state index in [1.807, 2.05) is 60.5 Å².